The van der Waals surface area contributed by atoms with E-state index < -0.39 is 10.0 Å². The Bertz CT molecular complexity index is 935. The van der Waals surface area contributed by atoms with Crippen LogP contribution in [0.2, 0.25) is 0 Å². The molecule has 0 aliphatic carbocycles. The quantitative estimate of drug-likeness (QED) is 0.839. The predicted octanol–water partition coefficient (Wildman–Crippen LogP) is 1.68. The Kier molecular flexibility index (Phi) is 3.88. The van der Waals surface area contributed by atoms with Gasteiger partial charge in [0.1, 0.15) is 11.2 Å². The lowest BCUT2D eigenvalue weighted by Crippen LogP contribution is -2.42. The van der Waals surface area contributed by atoms with Crippen LogP contribution in [0.5, 0.6) is 0 Å². The summed E-state index contributed by atoms with van der Waals surface area (Å²) in [5, 5.41) is 0. The number of para-hydroxylation sites is 1. The number of sulfonamides is 1. The first-order valence-electron chi connectivity index (χ1n) is 8.45. The summed E-state index contributed by atoms with van der Waals surface area (Å²) >= 11 is 0. The van der Waals surface area contributed by atoms with E-state index in [1.165, 1.54) is 0 Å². The number of nitrogens with one attached hydrogen (secondary N) is 1. The van der Waals surface area contributed by atoms with E-state index >= 15 is 0 Å². The molecule has 3 heterocycles. The van der Waals surface area contributed by atoms with Gasteiger partial charge >= 0.3 is 0 Å². The summed E-state index contributed by atoms with van der Waals surface area (Å²) in [6.07, 6.45) is 4.64. The van der Waals surface area contributed by atoms with Gasteiger partial charge in [0.05, 0.1) is 17.9 Å². The second-order valence-electron chi connectivity index (χ2n) is 6.55. The van der Waals surface area contributed by atoms with Crippen molar-refractivity contribution in [2.75, 3.05) is 6.54 Å². The zero-order valence-corrected chi connectivity index (χ0v) is 14.8. The smallest absolute Gasteiger partial charge is 0.274 e. The van der Waals surface area contributed by atoms with Crippen LogP contribution in [0.1, 0.15) is 42.4 Å². The number of amides is 1. The molecule has 2 aliphatic heterocycles. The number of imidazole rings is 1. The van der Waals surface area contributed by atoms with Crippen molar-refractivity contribution in [2.45, 2.75) is 43.7 Å². The van der Waals surface area contributed by atoms with Crippen LogP contribution in [0.3, 0.4) is 0 Å². The number of benzene rings is 1. The average Bonchev–Trinajstić information content (AvgIpc) is 2.99. The Morgan fingerprint density at radius 2 is 2.08 bits per heavy atom. The molecule has 0 spiro atoms. The zero-order valence-electron chi connectivity index (χ0n) is 14.0. The van der Waals surface area contributed by atoms with Crippen molar-refractivity contribution in [3.05, 3.63) is 42.0 Å². The molecule has 1 aromatic carbocycles. The largest absolute Gasteiger partial charge is 0.335 e. The van der Waals surface area contributed by atoms with Crippen LogP contribution < -0.4 is 4.72 Å². The van der Waals surface area contributed by atoms with Crippen molar-refractivity contribution in [1.82, 2.24) is 19.2 Å². The molecular weight excluding hydrogens is 340 g/mol. The molecule has 1 fully saturated rings. The molecule has 0 radical (unpaired) electrons. The Hall–Kier alpha value is -2.19. The Labute approximate surface area is 146 Å². The maximum Gasteiger partial charge on any atom is 0.274 e. The van der Waals surface area contributed by atoms with E-state index in [2.05, 4.69) is 9.71 Å². The van der Waals surface area contributed by atoms with Crippen LogP contribution >= 0.6 is 0 Å². The predicted molar refractivity (Wildman–Crippen MR) is 91.9 cm³/mol. The lowest BCUT2D eigenvalue weighted by molar-refractivity contribution is 0.0628. The van der Waals surface area contributed by atoms with Gasteiger partial charge in [-0.15, -0.1) is 0 Å². The van der Waals surface area contributed by atoms with Gasteiger partial charge in [-0.2, -0.15) is 0 Å². The number of hydrogen-bond donors (Lipinski definition) is 1. The maximum atomic E-state index is 13.0. The van der Waals surface area contributed by atoms with E-state index in [-0.39, 0.29) is 23.4 Å². The summed E-state index contributed by atoms with van der Waals surface area (Å²) in [5.74, 6) is -0.125. The van der Waals surface area contributed by atoms with Crippen LogP contribution in [0, 0.1) is 0 Å². The van der Waals surface area contributed by atoms with Gasteiger partial charge < -0.3 is 4.90 Å². The third-order valence-corrected chi connectivity index (χ3v) is 6.43. The van der Waals surface area contributed by atoms with E-state index in [1.54, 1.807) is 35.2 Å². The third kappa shape index (κ3) is 2.65. The topological polar surface area (TPSA) is 84.3 Å². The molecule has 4 rings (SSSR count). The van der Waals surface area contributed by atoms with E-state index in [9.17, 15) is 13.2 Å². The van der Waals surface area contributed by atoms with Gasteiger partial charge in [-0.25, -0.2) is 18.1 Å². The van der Waals surface area contributed by atoms with E-state index in [0.717, 1.165) is 19.3 Å². The van der Waals surface area contributed by atoms with Crippen molar-refractivity contribution in [2.24, 2.45) is 0 Å². The fraction of sp³-hybridized carbons (Fsp3) is 0.412. The number of likely N-dealkylation sites (tertiary alicyclic amines) is 1. The first kappa shape index (κ1) is 16.3. The van der Waals surface area contributed by atoms with Gasteiger partial charge in [-0.3, -0.25) is 9.36 Å². The van der Waals surface area contributed by atoms with Gasteiger partial charge in [0.2, 0.25) is 10.0 Å². The van der Waals surface area contributed by atoms with Crippen LogP contribution in [0.25, 0.3) is 5.69 Å². The van der Waals surface area contributed by atoms with Crippen molar-refractivity contribution in [3.8, 4) is 5.69 Å². The number of carbonyl (C=O) groups excluding carboxylic acids is 1. The van der Waals surface area contributed by atoms with Crippen LogP contribution in [0.4, 0.5) is 0 Å². The minimum atomic E-state index is -3.62. The summed E-state index contributed by atoms with van der Waals surface area (Å²) in [4.78, 5) is 19.4. The first-order chi connectivity index (χ1) is 12.0. The summed E-state index contributed by atoms with van der Waals surface area (Å²) in [6.45, 7) is 2.80. The first-order valence-corrected chi connectivity index (χ1v) is 9.93. The third-order valence-electron chi connectivity index (χ3n) is 4.98. The monoisotopic (exact) mass is 360 g/mol. The van der Waals surface area contributed by atoms with Gasteiger partial charge in [-0.05, 0) is 38.3 Å². The highest BCUT2D eigenvalue weighted by molar-refractivity contribution is 7.89. The molecule has 0 saturated carbocycles. The normalized spacial score (nSPS) is 22.0. The van der Waals surface area contributed by atoms with E-state index in [4.69, 9.17) is 0 Å². The highest BCUT2D eigenvalue weighted by atomic mass is 32.2. The molecule has 1 aromatic heterocycles. The Balaban J connectivity index is 1.80. The van der Waals surface area contributed by atoms with Crippen molar-refractivity contribution < 1.29 is 13.2 Å². The number of nitrogens with zero attached hydrogens (tertiary/aromatic N) is 3. The fourth-order valence-corrected chi connectivity index (χ4v) is 4.77. The van der Waals surface area contributed by atoms with E-state index in [0.29, 0.717) is 23.6 Å². The molecule has 2 aliphatic rings. The van der Waals surface area contributed by atoms with Gasteiger partial charge in [-0.1, -0.05) is 12.1 Å². The molecule has 1 atom stereocenters. The average molecular weight is 360 g/mol. The second-order valence-corrected chi connectivity index (χ2v) is 8.28. The van der Waals surface area contributed by atoms with E-state index in [1.807, 2.05) is 11.8 Å². The second kappa shape index (κ2) is 5.96. The highest BCUT2D eigenvalue weighted by Gasteiger charge is 2.32. The zero-order chi connectivity index (χ0) is 17.6. The molecule has 0 unspecified atom stereocenters. The van der Waals surface area contributed by atoms with Crippen molar-refractivity contribution in [1.29, 1.82) is 0 Å². The molecule has 132 valence electrons. The summed E-state index contributed by atoms with van der Waals surface area (Å²) in [6, 6.07) is 6.91. The van der Waals surface area contributed by atoms with Gasteiger partial charge in [0.15, 0.2) is 5.69 Å². The maximum absolute atomic E-state index is 13.0. The van der Waals surface area contributed by atoms with Gasteiger partial charge in [0, 0.05) is 12.6 Å². The SMILES string of the molecule is C[C@H]1CCCCN1C(=O)c1ncn2c1CNS(=O)(=O)c1ccccc1-2. The molecule has 1 N–H and O–H groups in total. The number of aromatic nitrogens is 2. The molecular formula is C17H20N4O3S. The highest BCUT2D eigenvalue weighted by Crippen LogP contribution is 2.27. The number of piperidine rings is 1. The lowest BCUT2D eigenvalue weighted by Gasteiger charge is -2.33. The number of carbonyl (C=O) groups is 1. The molecule has 1 amide bonds. The summed E-state index contributed by atoms with van der Waals surface area (Å²) in [7, 11) is -3.62. The van der Waals surface area contributed by atoms with Crippen molar-refractivity contribution in [3.63, 3.8) is 0 Å². The molecule has 7 nitrogen and oxygen atoms in total. The summed E-state index contributed by atoms with van der Waals surface area (Å²) in [5.41, 5.74) is 1.42. The number of fused-ring (bicyclic) bond motifs is 3. The molecule has 8 heteroatoms. The standard InChI is InChI=1S/C17H20N4O3S/c1-12-6-4-5-9-20(12)17(22)16-14-10-19-25(23,24)15-8-3-2-7-13(15)21(14)11-18-16/h2-3,7-8,11-12,19H,4-6,9-10H2,1H3/t12-/m0/s1. The molecule has 0 bridgehead atoms. The number of hydrogen-bond acceptors (Lipinski definition) is 4. The Morgan fingerprint density at radius 1 is 1.28 bits per heavy atom. The minimum Gasteiger partial charge on any atom is -0.335 e. The molecule has 2 aromatic rings. The summed E-state index contributed by atoms with van der Waals surface area (Å²) < 4.78 is 29.2. The molecule has 1 saturated heterocycles. The lowest BCUT2D eigenvalue weighted by atomic mass is 10.0. The van der Waals surface area contributed by atoms with Crippen LogP contribution in [-0.2, 0) is 16.6 Å². The Morgan fingerprint density at radius 3 is 2.88 bits per heavy atom. The van der Waals surface area contributed by atoms with Crippen LogP contribution in [-0.4, -0.2) is 41.4 Å². The fourth-order valence-electron chi connectivity index (χ4n) is 3.59. The van der Waals surface area contributed by atoms with Crippen LogP contribution in [0.15, 0.2) is 35.5 Å². The minimum absolute atomic E-state index is 0.0420. The number of rotatable bonds is 1. The van der Waals surface area contributed by atoms with Gasteiger partial charge in [0.25, 0.3) is 5.91 Å². The van der Waals surface area contributed by atoms with Crippen molar-refractivity contribution >= 4 is 15.9 Å². The molecule has 25 heavy (non-hydrogen) atoms.